The van der Waals surface area contributed by atoms with Gasteiger partial charge in [-0.1, -0.05) is 48.1 Å². The first-order valence-electron chi connectivity index (χ1n) is 6.41. The monoisotopic (exact) mass is 363 g/mol. The lowest BCUT2D eigenvalue weighted by Crippen LogP contribution is -1.96. The molecule has 0 spiro atoms. The van der Waals surface area contributed by atoms with E-state index in [9.17, 15) is 0 Å². The third-order valence-corrected chi connectivity index (χ3v) is 4.09. The highest BCUT2D eigenvalue weighted by Crippen LogP contribution is 2.36. The molecule has 112 valence electrons. The number of rotatable bonds is 5. The number of halogens is 4. The Bertz CT molecular complexity index is 646. The Morgan fingerprint density at radius 2 is 1.71 bits per heavy atom. The van der Waals surface area contributed by atoms with Gasteiger partial charge >= 0.3 is 0 Å². The molecule has 0 fully saturated rings. The fraction of sp³-hybridized carbons (Fsp3) is 0.267. The second kappa shape index (κ2) is 7.55. The average Bonchev–Trinajstić information content (AvgIpc) is 2.45. The normalized spacial score (nSPS) is 10.7. The number of aromatic nitrogens is 1. The maximum atomic E-state index is 6.10. The minimum Gasteiger partial charge on any atom is -0.437 e. The minimum atomic E-state index is 0.373. The highest BCUT2D eigenvalue weighted by Gasteiger charge is 2.10. The fourth-order valence-corrected chi connectivity index (χ4v) is 2.56. The second-order valence-electron chi connectivity index (χ2n) is 4.49. The van der Waals surface area contributed by atoms with Crippen LogP contribution in [0, 0.1) is 0 Å². The van der Waals surface area contributed by atoms with Gasteiger partial charge in [-0.3, -0.25) is 0 Å². The quantitative estimate of drug-likeness (QED) is 0.444. The highest BCUT2D eigenvalue weighted by molar-refractivity contribution is 6.43. The van der Waals surface area contributed by atoms with E-state index in [4.69, 9.17) is 51.1 Å². The van der Waals surface area contributed by atoms with Crippen molar-refractivity contribution in [3.8, 4) is 11.6 Å². The van der Waals surface area contributed by atoms with Crippen molar-refractivity contribution in [2.45, 2.75) is 25.6 Å². The van der Waals surface area contributed by atoms with E-state index in [0.717, 1.165) is 24.1 Å². The van der Waals surface area contributed by atoms with Crippen LogP contribution in [0.15, 0.2) is 24.3 Å². The number of nitrogens with zero attached hydrogens (tertiary/aromatic N) is 1. The first-order valence-corrected chi connectivity index (χ1v) is 8.08. The molecule has 0 aliphatic rings. The third-order valence-electron chi connectivity index (χ3n) is 2.76. The molecule has 0 atom stereocenters. The zero-order chi connectivity index (χ0) is 15.4. The highest BCUT2D eigenvalue weighted by atomic mass is 35.5. The molecular formula is C15H13Cl4NO. The number of benzene rings is 1. The van der Waals surface area contributed by atoms with Crippen LogP contribution in [-0.4, -0.2) is 4.98 Å². The molecule has 6 heteroatoms. The van der Waals surface area contributed by atoms with Crippen LogP contribution >= 0.6 is 46.4 Å². The van der Waals surface area contributed by atoms with E-state index in [2.05, 4.69) is 11.9 Å². The third kappa shape index (κ3) is 4.40. The standard InChI is InChI=1S/C15H13Cl4NO/c1-2-3-10-4-9(8-16)5-15(20-10)21-14-7-12(18)11(17)6-13(14)19/h4-7H,2-3,8H2,1H3. The smallest absolute Gasteiger partial charge is 0.219 e. The van der Waals surface area contributed by atoms with E-state index < -0.39 is 0 Å². The second-order valence-corrected chi connectivity index (χ2v) is 5.98. The van der Waals surface area contributed by atoms with Crippen LogP contribution < -0.4 is 4.74 Å². The zero-order valence-electron chi connectivity index (χ0n) is 11.3. The lowest BCUT2D eigenvalue weighted by molar-refractivity contribution is 0.460. The first-order chi connectivity index (χ1) is 10.0. The molecule has 0 aliphatic heterocycles. The molecule has 0 unspecified atom stereocenters. The van der Waals surface area contributed by atoms with Crippen LogP contribution in [0.25, 0.3) is 0 Å². The molecule has 1 aromatic heterocycles. The summed E-state index contributed by atoms with van der Waals surface area (Å²) in [4.78, 5) is 4.44. The topological polar surface area (TPSA) is 22.1 Å². The lowest BCUT2D eigenvalue weighted by atomic mass is 10.2. The Balaban J connectivity index is 2.34. The number of hydrogen-bond acceptors (Lipinski definition) is 2. The number of alkyl halides is 1. The van der Waals surface area contributed by atoms with Gasteiger partial charge in [0.1, 0.15) is 5.75 Å². The van der Waals surface area contributed by atoms with Crippen LogP contribution in [-0.2, 0) is 12.3 Å². The lowest BCUT2D eigenvalue weighted by Gasteiger charge is -2.10. The summed E-state index contributed by atoms with van der Waals surface area (Å²) in [6.07, 6.45) is 1.85. The molecule has 0 saturated carbocycles. The Morgan fingerprint density at radius 1 is 1.00 bits per heavy atom. The van der Waals surface area contributed by atoms with Gasteiger partial charge in [0.25, 0.3) is 0 Å². The van der Waals surface area contributed by atoms with E-state index in [1.54, 1.807) is 18.2 Å². The van der Waals surface area contributed by atoms with Gasteiger partial charge in [0.2, 0.25) is 5.88 Å². The molecule has 1 heterocycles. The predicted molar refractivity (Wildman–Crippen MR) is 89.3 cm³/mol. The molecule has 0 saturated heterocycles. The van der Waals surface area contributed by atoms with Gasteiger partial charge in [0.15, 0.2) is 0 Å². The van der Waals surface area contributed by atoms with E-state index >= 15 is 0 Å². The van der Waals surface area contributed by atoms with E-state index in [1.165, 1.54) is 0 Å². The van der Waals surface area contributed by atoms with E-state index in [1.807, 2.05) is 6.07 Å². The Kier molecular flexibility index (Phi) is 6.00. The number of hydrogen-bond donors (Lipinski definition) is 0. The van der Waals surface area contributed by atoms with Crippen LogP contribution in [0.3, 0.4) is 0 Å². The van der Waals surface area contributed by atoms with Crippen LogP contribution in [0.1, 0.15) is 24.6 Å². The van der Waals surface area contributed by atoms with E-state index in [-0.39, 0.29) is 0 Å². The molecule has 0 aliphatic carbocycles. The van der Waals surface area contributed by atoms with Crippen molar-refractivity contribution in [3.05, 3.63) is 50.6 Å². The summed E-state index contributed by atoms with van der Waals surface area (Å²) in [7, 11) is 0. The molecule has 0 amide bonds. The fourth-order valence-electron chi connectivity index (χ4n) is 1.83. The van der Waals surface area contributed by atoms with Crippen molar-refractivity contribution < 1.29 is 4.74 Å². The summed E-state index contributed by atoms with van der Waals surface area (Å²) >= 11 is 23.9. The zero-order valence-corrected chi connectivity index (χ0v) is 14.3. The van der Waals surface area contributed by atoms with Crippen molar-refractivity contribution in [2.75, 3.05) is 0 Å². The van der Waals surface area contributed by atoms with Crippen molar-refractivity contribution in [1.29, 1.82) is 0 Å². The molecule has 2 rings (SSSR count). The van der Waals surface area contributed by atoms with Crippen molar-refractivity contribution in [2.24, 2.45) is 0 Å². The first kappa shape index (κ1) is 16.7. The molecule has 2 nitrogen and oxygen atoms in total. The predicted octanol–water partition coefficient (Wildman–Crippen LogP) is 6.53. The number of aryl methyl sites for hydroxylation is 1. The maximum absolute atomic E-state index is 6.10. The van der Waals surface area contributed by atoms with Gasteiger partial charge in [0, 0.05) is 23.7 Å². The number of ether oxygens (including phenoxy) is 1. The summed E-state index contributed by atoms with van der Waals surface area (Å²) in [6, 6.07) is 6.87. The van der Waals surface area contributed by atoms with Gasteiger partial charge in [0.05, 0.1) is 15.1 Å². The molecular weight excluding hydrogens is 352 g/mol. The van der Waals surface area contributed by atoms with Gasteiger partial charge in [-0.25, -0.2) is 4.98 Å². The van der Waals surface area contributed by atoms with Crippen LogP contribution in [0.2, 0.25) is 15.1 Å². The summed E-state index contributed by atoms with van der Waals surface area (Å²) in [5, 5.41) is 1.13. The molecule has 2 aromatic rings. The molecule has 1 aromatic carbocycles. The summed E-state index contributed by atoms with van der Waals surface area (Å²) in [6.45, 7) is 2.09. The largest absolute Gasteiger partial charge is 0.437 e. The Hall–Kier alpha value is -0.670. The Labute approximate surface area is 143 Å². The molecule has 0 N–H and O–H groups in total. The molecule has 0 bridgehead atoms. The van der Waals surface area contributed by atoms with Gasteiger partial charge in [-0.2, -0.15) is 0 Å². The minimum absolute atomic E-state index is 0.373. The van der Waals surface area contributed by atoms with Crippen molar-refractivity contribution in [3.63, 3.8) is 0 Å². The summed E-state index contributed by atoms with van der Waals surface area (Å²) in [5.41, 5.74) is 1.88. The van der Waals surface area contributed by atoms with Crippen molar-refractivity contribution >= 4 is 46.4 Å². The number of pyridine rings is 1. The maximum Gasteiger partial charge on any atom is 0.219 e. The van der Waals surface area contributed by atoms with Crippen LogP contribution in [0.4, 0.5) is 0 Å². The van der Waals surface area contributed by atoms with Crippen LogP contribution in [0.5, 0.6) is 11.6 Å². The van der Waals surface area contributed by atoms with Gasteiger partial charge in [-0.05, 0) is 24.1 Å². The van der Waals surface area contributed by atoms with Crippen molar-refractivity contribution in [1.82, 2.24) is 4.98 Å². The van der Waals surface area contributed by atoms with E-state index in [0.29, 0.717) is 32.6 Å². The summed E-state index contributed by atoms with van der Waals surface area (Å²) < 4.78 is 5.73. The molecule has 21 heavy (non-hydrogen) atoms. The van der Waals surface area contributed by atoms with Gasteiger partial charge < -0.3 is 4.74 Å². The van der Waals surface area contributed by atoms with Gasteiger partial charge in [-0.15, -0.1) is 11.6 Å². The molecule has 0 radical (unpaired) electrons. The average molecular weight is 365 g/mol. The summed E-state index contributed by atoms with van der Waals surface area (Å²) in [5.74, 6) is 1.25. The Morgan fingerprint density at radius 3 is 2.38 bits per heavy atom. The SMILES string of the molecule is CCCc1cc(CCl)cc(Oc2cc(Cl)c(Cl)cc2Cl)n1.